The van der Waals surface area contributed by atoms with Crippen molar-refractivity contribution in [2.45, 2.75) is 31.7 Å². The summed E-state index contributed by atoms with van der Waals surface area (Å²) in [7, 11) is 0. The predicted molar refractivity (Wildman–Crippen MR) is 71.7 cm³/mol. The summed E-state index contributed by atoms with van der Waals surface area (Å²) in [6.07, 6.45) is 2.96. The van der Waals surface area contributed by atoms with Gasteiger partial charge in [-0.1, -0.05) is 12.1 Å². The molecule has 1 aromatic carbocycles. The summed E-state index contributed by atoms with van der Waals surface area (Å²) >= 11 is 0. The van der Waals surface area contributed by atoms with E-state index in [9.17, 15) is 9.59 Å². The smallest absolute Gasteiger partial charge is 0.323 e. The number of aliphatic carboxylic acids is 1. The molecule has 1 amide bonds. The molecule has 1 aliphatic heterocycles. The maximum atomic E-state index is 12.3. The average molecular weight is 275 g/mol. The van der Waals surface area contributed by atoms with Gasteiger partial charge < -0.3 is 14.7 Å². The number of carbonyl (C=O) groups excluding carboxylic acids is 1. The Morgan fingerprint density at radius 2 is 2.15 bits per heavy atom. The zero-order valence-corrected chi connectivity index (χ0v) is 11.2. The first-order chi connectivity index (χ1) is 9.63. The van der Waals surface area contributed by atoms with E-state index in [4.69, 9.17) is 9.84 Å². The van der Waals surface area contributed by atoms with Gasteiger partial charge in [0.15, 0.2) is 0 Å². The number of hydrogen-bond acceptors (Lipinski definition) is 3. The van der Waals surface area contributed by atoms with Crippen LogP contribution in [0.2, 0.25) is 0 Å². The highest BCUT2D eigenvalue weighted by atomic mass is 16.5. The van der Waals surface area contributed by atoms with Crippen LogP contribution in [0.1, 0.15) is 24.0 Å². The molecule has 0 bridgehead atoms. The Labute approximate surface area is 117 Å². The Morgan fingerprint density at radius 1 is 1.35 bits per heavy atom. The van der Waals surface area contributed by atoms with Gasteiger partial charge in [-0.25, -0.2) is 0 Å². The summed E-state index contributed by atoms with van der Waals surface area (Å²) in [5, 5.41) is 8.89. The van der Waals surface area contributed by atoms with Crippen LogP contribution in [0.3, 0.4) is 0 Å². The largest absolute Gasteiger partial charge is 0.493 e. The Bertz CT molecular complexity index is 551. The fraction of sp³-hybridized carbons (Fsp3) is 0.467. The number of ether oxygens (including phenoxy) is 1. The molecule has 5 heteroatoms. The van der Waals surface area contributed by atoms with Crippen molar-refractivity contribution >= 4 is 11.9 Å². The molecular formula is C15H17NO4. The molecule has 0 spiro atoms. The maximum absolute atomic E-state index is 12.3. The minimum atomic E-state index is -0.951. The number of amides is 1. The monoisotopic (exact) mass is 275 g/mol. The molecule has 0 saturated heterocycles. The summed E-state index contributed by atoms with van der Waals surface area (Å²) in [5.41, 5.74) is 2.06. The van der Waals surface area contributed by atoms with E-state index < -0.39 is 5.97 Å². The third-order valence-corrected chi connectivity index (χ3v) is 3.72. The van der Waals surface area contributed by atoms with Crippen molar-refractivity contribution in [2.75, 3.05) is 13.2 Å². The maximum Gasteiger partial charge on any atom is 0.323 e. The van der Waals surface area contributed by atoms with E-state index in [1.54, 1.807) is 0 Å². The zero-order chi connectivity index (χ0) is 14.1. The van der Waals surface area contributed by atoms with Gasteiger partial charge in [0.1, 0.15) is 12.3 Å². The number of hydrogen-bond donors (Lipinski definition) is 1. The molecule has 0 unspecified atom stereocenters. The van der Waals surface area contributed by atoms with Gasteiger partial charge in [0.05, 0.1) is 13.0 Å². The molecular weight excluding hydrogens is 258 g/mol. The van der Waals surface area contributed by atoms with Gasteiger partial charge in [-0.2, -0.15) is 0 Å². The molecule has 2 aliphatic rings. The van der Waals surface area contributed by atoms with Crippen LogP contribution in [-0.2, 0) is 22.4 Å². The first kappa shape index (κ1) is 13.0. The molecule has 20 heavy (non-hydrogen) atoms. The number of carbonyl (C=O) groups is 2. The lowest BCUT2D eigenvalue weighted by atomic mass is 10.1. The highest BCUT2D eigenvalue weighted by Crippen LogP contribution is 2.29. The lowest BCUT2D eigenvalue weighted by Crippen LogP contribution is -2.38. The van der Waals surface area contributed by atoms with Crippen LogP contribution in [0.4, 0.5) is 0 Å². The topological polar surface area (TPSA) is 66.8 Å². The van der Waals surface area contributed by atoms with Crippen LogP contribution in [0.15, 0.2) is 18.2 Å². The van der Waals surface area contributed by atoms with Gasteiger partial charge in [-0.05, 0) is 30.0 Å². The van der Waals surface area contributed by atoms with Crippen LogP contribution in [-0.4, -0.2) is 41.1 Å². The van der Waals surface area contributed by atoms with Crippen molar-refractivity contribution in [1.29, 1.82) is 0 Å². The Kier molecular flexibility index (Phi) is 3.34. The van der Waals surface area contributed by atoms with Crippen LogP contribution in [0, 0.1) is 0 Å². The van der Waals surface area contributed by atoms with Crippen molar-refractivity contribution in [3.05, 3.63) is 29.3 Å². The summed E-state index contributed by atoms with van der Waals surface area (Å²) in [6, 6.07) is 5.89. The molecule has 0 atom stereocenters. The van der Waals surface area contributed by atoms with E-state index in [1.807, 2.05) is 18.2 Å². The lowest BCUT2D eigenvalue weighted by Gasteiger charge is -2.20. The summed E-state index contributed by atoms with van der Waals surface area (Å²) in [5.74, 6) is -0.160. The molecule has 1 aliphatic carbocycles. The second-order valence-electron chi connectivity index (χ2n) is 5.36. The second-order valence-corrected chi connectivity index (χ2v) is 5.36. The van der Waals surface area contributed by atoms with Gasteiger partial charge in [0.2, 0.25) is 5.91 Å². The Morgan fingerprint density at radius 3 is 2.85 bits per heavy atom. The van der Waals surface area contributed by atoms with Gasteiger partial charge >= 0.3 is 5.97 Å². The molecule has 0 radical (unpaired) electrons. The second kappa shape index (κ2) is 5.15. The van der Waals surface area contributed by atoms with E-state index in [0.717, 1.165) is 36.1 Å². The zero-order valence-electron chi connectivity index (χ0n) is 11.2. The van der Waals surface area contributed by atoms with Gasteiger partial charge in [0.25, 0.3) is 0 Å². The molecule has 1 aromatic rings. The standard InChI is InChI=1S/C15H17NO4/c17-14(16(9-15(18)19)12-2-3-12)8-10-1-4-13-11(7-10)5-6-20-13/h1,4,7,12H,2-3,5-6,8-9H2,(H,18,19). The van der Waals surface area contributed by atoms with Gasteiger partial charge in [0, 0.05) is 12.5 Å². The highest BCUT2D eigenvalue weighted by Gasteiger charge is 2.33. The number of fused-ring (bicyclic) bond motifs is 1. The minimum Gasteiger partial charge on any atom is -0.493 e. The average Bonchev–Trinajstić information content (AvgIpc) is 3.13. The van der Waals surface area contributed by atoms with E-state index >= 15 is 0 Å². The minimum absolute atomic E-state index is 0.103. The van der Waals surface area contributed by atoms with Crippen LogP contribution in [0.5, 0.6) is 5.75 Å². The molecule has 1 N–H and O–H groups in total. The molecule has 1 fully saturated rings. The van der Waals surface area contributed by atoms with Crippen molar-refractivity contribution < 1.29 is 19.4 Å². The fourth-order valence-electron chi connectivity index (χ4n) is 2.58. The predicted octanol–water partition coefficient (Wildman–Crippen LogP) is 1.24. The molecule has 0 aromatic heterocycles. The van der Waals surface area contributed by atoms with Crippen LogP contribution in [0.25, 0.3) is 0 Å². The van der Waals surface area contributed by atoms with Crippen molar-refractivity contribution in [2.24, 2.45) is 0 Å². The SMILES string of the molecule is O=C(O)CN(C(=O)Cc1ccc2c(c1)CCO2)C1CC1. The summed E-state index contributed by atoms with van der Waals surface area (Å²) in [4.78, 5) is 24.6. The highest BCUT2D eigenvalue weighted by molar-refractivity contribution is 5.83. The normalized spacial score (nSPS) is 16.4. The quantitative estimate of drug-likeness (QED) is 0.878. The Balaban J connectivity index is 1.69. The molecule has 1 heterocycles. The number of rotatable bonds is 5. The first-order valence-corrected chi connectivity index (χ1v) is 6.89. The van der Waals surface area contributed by atoms with Crippen molar-refractivity contribution in [3.63, 3.8) is 0 Å². The summed E-state index contributed by atoms with van der Waals surface area (Å²) < 4.78 is 5.43. The van der Waals surface area contributed by atoms with E-state index in [-0.39, 0.29) is 24.9 Å². The summed E-state index contributed by atoms with van der Waals surface area (Å²) in [6.45, 7) is 0.498. The number of nitrogens with zero attached hydrogens (tertiary/aromatic N) is 1. The molecule has 3 rings (SSSR count). The van der Waals surface area contributed by atoms with E-state index in [0.29, 0.717) is 6.61 Å². The van der Waals surface area contributed by atoms with Crippen LogP contribution >= 0.6 is 0 Å². The Hall–Kier alpha value is -2.04. The van der Waals surface area contributed by atoms with E-state index in [1.165, 1.54) is 4.90 Å². The third kappa shape index (κ3) is 2.76. The third-order valence-electron chi connectivity index (χ3n) is 3.72. The number of carboxylic acid groups (broad SMARTS) is 1. The molecule has 1 saturated carbocycles. The van der Waals surface area contributed by atoms with Crippen molar-refractivity contribution in [1.82, 2.24) is 4.90 Å². The van der Waals surface area contributed by atoms with Crippen molar-refractivity contribution in [3.8, 4) is 5.75 Å². The fourth-order valence-corrected chi connectivity index (χ4v) is 2.58. The van der Waals surface area contributed by atoms with Gasteiger partial charge in [-0.3, -0.25) is 9.59 Å². The molecule has 106 valence electrons. The van der Waals surface area contributed by atoms with E-state index in [2.05, 4.69) is 0 Å². The number of carboxylic acids is 1. The molecule has 5 nitrogen and oxygen atoms in total. The number of benzene rings is 1. The van der Waals surface area contributed by atoms with Gasteiger partial charge in [-0.15, -0.1) is 0 Å². The van der Waals surface area contributed by atoms with Crippen LogP contribution < -0.4 is 4.74 Å². The lowest BCUT2D eigenvalue weighted by molar-refractivity contribution is -0.144. The first-order valence-electron chi connectivity index (χ1n) is 6.89.